The minimum absolute atomic E-state index is 0.266. The largest absolute Gasteiger partial charge is 0.290 e. The zero-order valence-corrected chi connectivity index (χ0v) is 10.5. The number of hydrogen-bond acceptors (Lipinski definition) is 2. The SMILES string of the molecule is CC(C)(C)CN(CC#N)CC(C)(C)C. The molecule has 0 amide bonds. The molecule has 0 radical (unpaired) electrons. The monoisotopic (exact) mass is 196 g/mol. The Morgan fingerprint density at radius 2 is 1.29 bits per heavy atom. The second-order valence-electron chi connectivity index (χ2n) is 6.42. The molecule has 0 aliphatic heterocycles. The van der Waals surface area contributed by atoms with Gasteiger partial charge in [-0.1, -0.05) is 41.5 Å². The molecular weight excluding hydrogens is 172 g/mol. The molecule has 0 unspecified atom stereocenters. The van der Waals surface area contributed by atoms with E-state index in [2.05, 4.69) is 52.5 Å². The van der Waals surface area contributed by atoms with Gasteiger partial charge in [0.1, 0.15) is 0 Å². The van der Waals surface area contributed by atoms with Gasteiger partial charge in [-0.25, -0.2) is 0 Å². The van der Waals surface area contributed by atoms with Crippen LogP contribution in [0.2, 0.25) is 0 Å². The molecule has 0 aromatic rings. The summed E-state index contributed by atoms with van der Waals surface area (Å²) >= 11 is 0. The van der Waals surface area contributed by atoms with Crippen LogP contribution >= 0.6 is 0 Å². The summed E-state index contributed by atoms with van der Waals surface area (Å²) in [5.74, 6) is 0. The van der Waals surface area contributed by atoms with E-state index in [1.54, 1.807) is 0 Å². The van der Waals surface area contributed by atoms with Crippen molar-refractivity contribution in [3.63, 3.8) is 0 Å². The highest BCUT2D eigenvalue weighted by Gasteiger charge is 2.21. The fourth-order valence-electron chi connectivity index (χ4n) is 1.61. The Balaban J connectivity index is 4.25. The second-order valence-corrected chi connectivity index (χ2v) is 6.42. The summed E-state index contributed by atoms with van der Waals surface area (Å²) in [5, 5.41) is 8.74. The normalized spacial score (nSPS) is 13.0. The van der Waals surface area contributed by atoms with Crippen LogP contribution in [0, 0.1) is 22.2 Å². The third-order valence-electron chi connectivity index (χ3n) is 1.69. The van der Waals surface area contributed by atoms with Crippen LogP contribution < -0.4 is 0 Å². The molecule has 0 fully saturated rings. The maximum absolute atomic E-state index is 8.74. The molecule has 0 rings (SSSR count). The molecule has 82 valence electrons. The van der Waals surface area contributed by atoms with Crippen LogP contribution in [0.25, 0.3) is 0 Å². The number of rotatable bonds is 3. The zero-order valence-electron chi connectivity index (χ0n) is 10.5. The molecule has 0 saturated heterocycles. The Labute approximate surface area is 88.9 Å². The van der Waals surface area contributed by atoms with Crippen LogP contribution in [0.15, 0.2) is 0 Å². The summed E-state index contributed by atoms with van der Waals surface area (Å²) in [6, 6.07) is 2.24. The fourth-order valence-corrected chi connectivity index (χ4v) is 1.61. The average molecular weight is 196 g/mol. The molecule has 0 saturated carbocycles. The highest BCUT2D eigenvalue weighted by molar-refractivity contribution is 4.82. The van der Waals surface area contributed by atoms with Crippen molar-refractivity contribution in [2.24, 2.45) is 10.8 Å². The molecule has 0 aromatic heterocycles. The maximum atomic E-state index is 8.74. The van der Waals surface area contributed by atoms with E-state index in [9.17, 15) is 0 Å². The molecule has 0 heterocycles. The van der Waals surface area contributed by atoms with Gasteiger partial charge in [-0.2, -0.15) is 5.26 Å². The van der Waals surface area contributed by atoms with Crippen molar-refractivity contribution in [2.75, 3.05) is 19.6 Å². The third kappa shape index (κ3) is 8.07. The van der Waals surface area contributed by atoms with E-state index < -0.39 is 0 Å². The second kappa shape index (κ2) is 4.79. The molecule has 0 aromatic carbocycles. The van der Waals surface area contributed by atoms with Crippen LogP contribution in [0.5, 0.6) is 0 Å². The maximum Gasteiger partial charge on any atom is 0.0866 e. The lowest BCUT2D eigenvalue weighted by Crippen LogP contribution is -2.38. The quantitative estimate of drug-likeness (QED) is 0.649. The van der Waals surface area contributed by atoms with Crippen LogP contribution in [0.1, 0.15) is 41.5 Å². The van der Waals surface area contributed by atoms with E-state index in [-0.39, 0.29) is 10.8 Å². The van der Waals surface area contributed by atoms with Crippen molar-refractivity contribution in [1.82, 2.24) is 4.90 Å². The lowest BCUT2D eigenvalue weighted by atomic mass is 9.92. The van der Waals surface area contributed by atoms with Gasteiger partial charge in [-0.15, -0.1) is 0 Å². The Hall–Kier alpha value is -0.550. The molecule has 0 aliphatic rings. The van der Waals surface area contributed by atoms with Crippen molar-refractivity contribution in [3.8, 4) is 6.07 Å². The predicted molar refractivity (Wildman–Crippen MR) is 61.0 cm³/mol. The van der Waals surface area contributed by atoms with Crippen molar-refractivity contribution in [3.05, 3.63) is 0 Å². The molecule has 0 bridgehead atoms. The van der Waals surface area contributed by atoms with Gasteiger partial charge in [0.25, 0.3) is 0 Å². The topological polar surface area (TPSA) is 27.0 Å². The summed E-state index contributed by atoms with van der Waals surface area (Å²) in [4.78, 5) is 2.24. The summed E-state index contributed by atoms with van der Waals surface area (Å²) in [5.41, 5.74) is 0.532. The summed E-state index contributed by atoms with van der Waals surface area (Å²) in [7, 11) is 0. The molecule has 2 heteroatoms. The fraction of sp³-hybridized carbons (Fsp3) is 0.917. The first-order valence-corrected chi connectivity index (χ1v) is 5.23. The van der Waals surface area contributed by atoms with E-state index in [4.69, 9.17) is 5.26 Å². The Morgan fingerprint density at radius 1 is 0.929 bits per heavy atom. The van der Waals surface area contributed by atoms with Crippen LogP contribution in [0.3, 0.4) is 0 Å². The first-order chi connectivity index (χ1) is 6.14. The van der Waals surface area contributed by atoms with Crippen molar-refractivity contribution in [1.29, 1.82) is 5.26 Å². The van der Waals surface area contributed by atoms with E-state index in [1.165, 1.54) is 0 Å². The van der Waals surface area contributed by atoms with E-state index in [1.807, 2.05) is 0 Å². The predicted octanol–water partition coefficient (Wildman–Crippen LogP) is 2.90. The first-order valence-electron chi connectivity index (χ1n) is 5.23. The smallest absolute Gasteiger partial charge is 0.0866 e. The average Bonchev–Trinajstić information content (AvgIpc) is 1.78. The van der Waals surface area contributed by atoms with Gasteiger partial charge < -0.3 is 0 Å². The molecule has 2 nitrogen and oxygen atoms in total. The Morgan fingerprint density at radius 3 is 1.50 bits per heavy atom. The highest BCUT2D eigenvalue weighted by atomic mass is 15.1. The summed E-state index contributed by atoms with van der Waals surface area (Å²) < 4.78 is 0. The van der Waals surface area contributed by atoms with Crippen molar-refractivity contribution < 1.29 is 0 Å². The lowest BCUT2D eigenvalue weighted by Gasteiger charge is -2.32. The molecule has 0 spiro atoms. The van der Waals surface area contributed by atoms with Crippen LogP contribution in [-0.4, -0.2) is 24.5 Å². The van der Waals surface area contributed by atoms with Gasteiger partial charge in [0, 0.05) is 13.1 Å². The van der Waals surface area contributed by atoms with Gasteiger partial charge in [-0.05, 0) is 10.8 Å². The van der Waals surface area contributed by atoms with Gasteiger partial charge in [-0.3, -0.25) is 4.90 Å². The number of hydrogen-bond donors (Lipinski definition) is 0. The third-order valence-corrected chi connectivity index (χ3v) is 1.69. The lowest BCUT2D eigenvalue weighted by molar-refractivity contribution is 0.157. The number of nitrogens with zero attached hydrogens (tertiary/aromatic N) is 2. The van der Waals surface area contributed by atoms with Gasteiger partial charge in [0.15, 0.2) is 0 Å². The van der Waals surface area contributed by atoms with E-state index in [0.29, 0.717) is 6.54 Å². The van der Waals surface area contributed by atoms with Crippen molar-refractivity contribution in [2.45, 2.75) is 41.5 Å². The first kappa shape index (κ1) is 13.4. The summed E-state index contributed by atoms with van der Waals surface area (Å²) in [6.45, 7) is 15.8. The Kier molecular flexibility index (Phi) is 4.61. The number of nitriles is 1. The van der Waals surface area contributed by atoms with Crippen LogP contribution in [-0.2, 0) is 0 Å². The van der Waals surface area contributed by atoms with Crippen molar-refractivity contribution >= 4 is 0 Å². The highest BCUT2D eigenvalue weighted by Crippen LogP contribution is 2.20. The van der Waals surface area contributed by atoms with E-state index in [0.717, 1.165) is 13.1 Å². The molecular formula is C12H24N2. The molecule has 0 aliphatic carbocycles. The van der Waals surface area contributed by atoms with Gasteiger partial charge in [0.05, 0.1) is 12.6 Å². The standard InChI is InChI=1S/C12H24N2/c1-11(2,3)9-14(8-7-13)10-12(4,5)6/h8-10H2,1-6H3. The molecule has 14 heavy (non-hydrogen) atoms. The van der Waals surface area contributed by atoms with Gasteiger partial charge >= 0.3 is 0 Å². The van der Waals surface area contributed by atoms with Gasteiger partial charge in [0.2, 0.25) is 0 Å². The van der Waals surface area contributed by atoms with E-state index >= 15 is 0 Å². The minimum atomic E-state index is 0.266. The molecule has 0 atom stereocenters. The Bertz CT molecular complexity index is 184. The minimum Gasteiger partial charge on any atom is -0.290 e. The zero-order chi connectivity index (χ0) is 11.4. The molecule has 0 N–H and O–H groups in total. The van der Waals surface area contributed by atoms with Crippen LogP contribution in [0.4, 0.5) is 0 Å². The summed E-state index contributed by atoms with van der Waals surface area (Å²) in [6.07, 6.45) is 0.